The lowest BCUT2D eigenvalue weighted by atomic mass is 9.94. The minimum absolute atomic E-state index is 0.120. The molecule has 1 unspecified atom stereocenters. The van der Waals surface area contributed by atoms with Gasteiger partial charge in [0.15, 0.2) is 11.6 Å². The first kappa shape index (κ1) is 17.3. The van der Waals surface area contributed by atoms with Crippen LogP contribution in [0.3, 0.4) is 0 Å². The summed E-state index contributed by atoms with van der Waals surface area (Å²) >= 11 is 5.80. The van der Waals surface area contributed by atoms with Crippen molar-refractivity contribution in [2.24, 2.45) is 5.92 Å². The molecule has 2 aromatic rings. The van der Waals surface area contributed by atoms with E-state index in [2.05, 4.69) is 17.1 Å². The molecule has 0 spiro atoms. The number of aromatic nitrogens is 1. The summed E-state index contributed by atoms with van der Waals surface area (Å²) < 4.78 is 14.2. The summed E-state index contributed by atoms with van der Waals surface area (Å²) in [6.45, 7) is 2.62. The van der Waals surface area contributed by atoms with Gasteiger partial charge in [0.05, 0.1) is 10.9 Å². The Balaban J connectivity index is 1.47. The summed E-state index contributed by atoms with van der Waals surface area (Å²) in [7, 11) is 0. The maximum Gasteiger partial charge on any atom is 0.227 e. The number of amides is 1. The SMILES string of the molecule is O=C(C1CCCN(c2ncc(Cl)cc2F)C1)N1CCc2ccccc2C1. The molecule has 4 rings (SSSR count). The largest absolute Gasteiger partial charge is 0.353 e. The van der Waals surface area contributed by atoms with Crippen LogP contribution in [0.15, 0.2) is 36.5 Å². The van der Waals surface area contributed by atoms with Crippen molar-refractivity contribution in [1.29, 1.82) is 0 Å². The number of halogens is 2. The fraction of sp³-hybridized carbons (Fsp3) is 0.400. The number of benzene rings is 1. The lowest BCUT2D eigenvalue weighted by Gasteiger charge is -2.37. The summed E-state index contributed by atoms with van der Waals surface area (Å²) in [5.41, 5.74) is 2.56. The van der Waals surface area contributed by atoms with E-state index >= 15 is 0 Å². The molecule has 1 saturated heterocycles. The molecule has 2 aliphatic heterocycles. The average Bonchev–Trinajstić information content (AvgIpc) is 2.67. The van der Waals surface area contributed by atoms with E-state index in [1.54, 1.807) is 0 Å². The number of pyridine rings is 1. The number of rotatable bonds is 2. The topological polar surface area (TPSA) is 36.4 Å². The minimum Gasteiger partial charge on any atom is -0.353 e. The smallest absolute Gasteiger partial charge is 0.227 e. The van der Waals surface area contributed by atoms with Crippen molar-refractivity contribution in [3.05, 3.63) is 58.5 Å². The molecular formula is C20H21ClFN3O. The first-order valence-corrected chi connectivity index (χ1v) is 9.41. The van der Waals surface area contributed by atoms with Crippen molar-refractivity contribution in [2.45, 2.75) is 25.8 Å². The van der Waals surface area contributed by atoms with Gasteiger partial charge in [-0.2, -0.15) is 0 Å². The molecule has 1 atom stereocenters. The van der Waals surface area contributed by atoms with Crippen molar-refractivity contribution in [2.75, 3.05) is 24.5 Å². The normalized spacial score (nSPS) is 20.0. The average molecular weight is 374 g/mol. The summed E-state index contributed by atoms with van der Waals surface area (Å²) in [5.74, 6) is -0.0992. The second-order valence-corrected chi connectivity index (χ2v) is 7.46. The highest BCUT2D eigenvalue weighted by Crippen LogP contribution is 2.28. The van der Waals surface area contributed by atoms with Gasteiger partial charge in [-0.15, -0.1) is 0 Å². The summed E-state index contributed by atoms with van der Waals surface area (Å²) in [4.78, 5) is 21.0. The lowest BCUT2D eigenvalue weighted by Crippen LogP contribution is -2.46. The Morgan fingerprint density at radius 1 is 1.23 bits per heavy atom. The first-order valence-electron chi connectivity index (χ1n) is 9.03. The third-order valence-corrected chi connectivity index (χ3v) is 5.51. The highest BCUT2D eigenvalue weighted by Gasteiger charge is 2.32. The molecule has 1 fully saturated rings. The van der Waals surface area contributed by atoms with Crippen LogP contribution in [0.1, 0.15) is 24.0 Å². The lowest BCUT2D eigenvalue weighted by molar-refractivity contribution is -0.136. The Morgan fingerprint density at radius 2 is 2.04 bits per heavy atom. The Hall–Kier alpha value is -2.14. The number of hydrogen-bond donors (Lipinski definition) is 0. The molecule has 4 nitrogen and oxygen atoms in total. The van der Waals surface area contributed by atoms with E-state index in [4.69, 9.17) is 11.6 Å². The zero-order valence-corrected chi connectivity index (χ0v) is 15.3. The van der Waals surface area contributed by atoms with Crippen LogP contribution in [0, 0.1) is 11.7 Å². The summed E-state index contributed by atoms with van der Waals surface area (Å²) in [5, 5.41) is 0.280. The predicted octanol–water partition coefficient (Wildman–Crippen LogP) is 3.68. The highest BCUT2D eigenvalue weighted by molar-refractivity contribution is 6.30. The third-order valence-electron chi connectivity index (χ3n) is 5.30. The van der Waals surface area contributed by atoms with Crippen LogP contribution in [0.2, 0.25) is 5.02 Å². The number of nitrogens with zero attached hydrogens (tertiary/aromatic N) is 3. The molecule has 26 heavy (non-hydrogen) atoms. The molecule has 0 aliphatic carbocycles. The third kappa shape index (κ3) is 3.40. The molecule has 0 radical (unpaired) electrons. The van der Waals surface area contributed by atoms with Gasteiger partial charge in [0.2, 0.25) is 5.91 Å². The first-order chi connectivity index (χ1) is 12.6. The van der Waals surface area contributed by atoms with E-state index in [0.29, 0.717) is 19.6 Å². The molecule has 2 aliphatic rings. The zero-order valence-electron chi connectivity index (χ0n) is 14.5. The fourth-order valence-electron chi connectivity index (χ4n) is 3.95. The quantitative estimate of drug-likeness (QED) is 0.805. The number of anilines is 1. The van der Waals surface area contributed by atoms with Gasteiger partial charge in [0, 0.05) is 32.4 Å². The molecule has 1 aromatic heterocycles. The Morgan fingerprint density at radius 3 is 2.85 bits per heavy atom. The molecule has 0 saturated carbocycles. The van der Waals surface area contributed by atoms with Crippen molar-refractivity contribution in [3.8, 4) is 0 Å². The zero-order chi connectivity index (χ0) is 18.1. The van der Waals surface area contributed by atoms with Crippen LogP contribution in [0.5, 0.6) is 0 Å². The minimum atomic E-state index is -0.433. The van der Waals surface area contributed by atoms with Gasteiger partial charge in [0.25, 0.3) is 0 Å². The van der Waals surface area contributed by atoms with Crippen LogP contribution < -0.4 is 4.90 Å². The second kappa shape index (κ2) is 7.23. The van der Waals surface area contributed by atoms with Gasteiger partial charge in [-0.25, -0.2) is 9.37 Å². The van der Waals surface area contributed by atoms with E-state index in [1.165, 1.54) is 23.4 Å². The fourth-order valence-corrected chi connectivity index (χ4v) is 4.10. The van der Waals surface area contributed by atoms with Crippen LogP contribution in [0.4, 0.5) is 10.2 Å². The molecule has 0 N–H and O–H groups in total. The van der Waals surface area contributed by atoms with Gasteiger partial charge in [-0.1, -0.05) is 35.9 Å². The van der Waals surface area contributed by atoms with Gasteiger partial charge < -0.3 is 9.80 Å². The van der Waals surface area contributed by atoms with E-state index < -0.39 is 5.82 Å². The van der Waals surface area contributed by atoms with E-state index in [1.807, 2.05) is 21.9 Å². The second-order valence-electron chi connectivity index (χ2n) is 7.02. The van der Waals surface area contributed by atoms with Crippen molar-refractivity contribution in [1.82, 2.24) is 9.88 Å². The van der Waals surface area contributed by atoms with Crippen LogP contribution in [-0.4, -0.2) is 35.4 Å². The Bertz CT molecular complexity index is 828. The molecule has 6 heteroatoms. The maximum absolute atomic E-state index is 14.2. The van der Waals surface area contributed by atoms with Gasteiger partial charge in [0.1, 0.15) is 0 Å². The molecule has 3 heterocycles. The monoisotopic (exact) mass is 373 g/mol. The van der Waals surface area contributed by atoms with E-state index in [-0.39, 0.29) is 22.7 Å². The predicted molar refractivity (Wildman–Crippen MR) is 99.7 cm³/mol. The number of carbonyl (C=O) groups excluding carboxylic acids is 1. The number of hydrogen-bond acceptors (Lipinski definition) is 3. The summed E-state index contributed by atoms with van der Waals surface area (Å²) in [6, 6.07) is 9.56. The van der Waals surface area contributed by atoms with Crippen molar-refractivity contribution >= 4 is 23.3 Å². The van der Waals surface area contributed by atoms with Crippen molar-refractivity contribution < 1.29 is 9.18 Å². The molecule has 136 valence electrons. The Kier molecular flexibility index (Phi) is 4.81. The Labute approximate surface area is 157 Å². The van der Waals surface area contributed by atoms with E-state index in [9.17, 15) is 9.18 Å². The maximum atomic E-state index is 14.2. The van der Waals surface area contributed by atoms with Gasteiger partial charge in [-0.05, 0) is 36.5 Å². The standard InChI is InChI=1S/C20H21ClFN3O/c21-17-10-18(22)19(23-11-17)24-8-3-6-16(13-24)20(26)25-9-7-14-4-1-2-5-15(14)12-25/h1-2,4-5,10-11,16H,3,6-9,12-13H2. The van der Waals surface area contributed by atoms with Crippen LogP contribution in [0.25, 0.3) is 0 Å². The molecule has 0 bridgehead atoms. The molecular weight excluding hydrogens is 353 g/mol. The van der Waals surface area contributed by atoms with Crippen molar-refractivity contribution in [3.63, 3.8) is 0 Å². The van der Waals surface area contributed by atoms with Crippen LogP contribution >= 0.6 is 11.6 Å². The summed E-state index contributed by atoms with van der Waals surface area (Å²) in [6.07, 6.45) is 4.03. The molecule has 1 aromatic carbocycles. The van der Waals surface area contributed by atoms with Gasteiger partial charge in [-0.3, -0.25) is 4.79 Å². The van der Waals surface area contributed by atoms with E-state index in [0.717, 1.165) is 25.8 Å². The van der Waals surface area contributed by atoms with Gasteiger partial charge >= 0.3 is 0 Å². The highest BCUT2D eigenvalue weighted by atomic mass is 35.5. The number of carbonyl (C=O) groups is 1. The van der Waals surface area contributed by atoms with Crippen LogP contribution in [-0.2, 0) is 17.8 Å². The number of piperidine rings is 1. The molecule has 1 amide bonds. The number of fused-ring (bicyclic) bond motifs is 1.